The number of nitrogens with zero attached hydrogens (tertiary/aromatic N) is 2. The first kappa shape index (κ1) is 18.6. The Hall–Kier alpha value is -1.76. The predicted molar refractivity (Wildman–Crippen MR) is 117 cm³/mol. The number of anilines is 1. The van der Waals surface area contributed by atoms with Gasteiger partial charge < -0.3 is 10.6 Å². The monoisotopic (exact) mass is 398 g/mol. The minimum atomic E-state index is 0.0976. The van der Waals surface area contributed by atoms with Gasteiger partial charge in [0.2, 0.25) is 5.95 Å². The number of piperidine rings is 1. The van der Waals surface area contributed by atoms with Gasteiger partial charge in [0.15, 0.2) is 0 Å². The summed E-state index contributed by atoms with van der Waals surface area (Å²) >= 11 is 3.55. The van der Waals surface area contributed by atoms with Gasteiger partial charge in [-0.15, -0.1) is 22.7 Å². The second-order valence-electron chi connectivity index (χ2n) is 8.55. The van der Waals surface area contributed by atoms with Crippen molar-refractivity contribution in [2.45, 2.75) is 57.7 Å². The first-order chi connectivity index (χ1) is 12.8. The van der Waals surface area contributed by atoms with Gasteiger partial charge in [0.1, 0.15) is 0 Å². The molecule has 0 radical (unpaired) electrons. The summed E-state index contributed by atoms with van der Waals surface area (Å²) in [6.45, 7) is 9.05. The number of rotatable bonds is 4. The molecule has 0 unspecified atom stereocenters. The minimum absolute atomic E-state index is 0.0976. The fraction of sp³-hybridized carbons (Fsp3) is 0.429. The number of hydrogen-bond acceptors (Lipinski definition) is 6. The van der Waals surface area contributed by atoms with Crippen LogP contribution in [0.25, 0.3) is 20.3 Å². The highest BCUT2D eigenvalue weighted by molar-refractivity contribution is 7.23. The Morgan fingerprint density at radius 3 is 2.44 bits per heavy atom. The van der Waals surface area contributed by atoms with Crippen LogP contribution in [-0.2, 0) is 0 Å². The summed E-state index contributed by atoms with van der Waals surface area (Å²) in [5, 5.41) is 9.42. The molecule has 6 heteroatoms. The van der Waals surface area contributed by atoms with Gasteiger partial charge in [-0.25, -0.2) is 9.97 Å². The van der Waals surface area contributed by atoms with Crippen LogP contribution in [0.15, 0.2) is 41.9 Å². The lowest BCUT2D eigenvalue weighted by atomic mass is 9.80. The van der Waals surface area contributed by atoms with Crippen LogP contribution < -0.4 is 10.6 Å². The second kappa shape index (κ2) is 7.00. The summed E-state index contributed by atoms with van der Waals surface area (Å²) in [5.74, 6) is 0.720. The van der Waals surface area contributed by atoms with E-state index in [-0.39, 0.29) is 11.1 Å². The summed E-state index contributed by atoms with van der Waals surface area (Å²) < 4.78 is 0. The first-order valence-corrected chi connectivity index (χ1v) is 11.0. The number of thiophene rings is 2. The van der Waals surface area contributed by atoms with Crippen LogP contribution >= 0.6 is 22.7 Å². The normalized spacial score (nSPS) is 19.1. The van der Waals surface area contributed by atoms with Gasteiger partial charge >= 0.3 is 0 Å². The molecule has 4 heterocycles. The van der Waals surface area contributed by atoms with Gasteiger partial charge in [-0.2, -0.15) is 0 Å². The van der Waals surface area contributed by atoms with Crippen LogP contribution in [0, 0.1) is 0 Å². The second-order valence-corrected chi connectivity index (χ2v) is 10.6. The molecule has 0 aromatic carbocycles. The van der Waals surface area contributed by atoms with E-state index in [1.54, 1.807) is 22.7 Å². The van der Waals surface area contributed by atoms with E-state index in [0.717, 1.165) is 24.5 Å². The molecule has 0 amide bonds. The zero-order chi connectivity index (χ0) is 19.1. The highest BCUT2D eigenvalue weighted by atomic mass is 32.1. The van der Waals surface area contributed by atoms with Crippen LogP contribution in [0.4, 0.5) is 5.95 Å². The van der Waals surface area contributed by atoms with Crippen LogP contribution in [0.2, 0.25) is 0 Å². The Morgan fingerprint density at radius 2 is 1.74 bits per heavy atom. The molecule has 1 fully saturated rings. The molecule has 1 saturated heterocycles. The van der Waals surface area contributed by atoms with Crippen molar-refractivity contribution in [1.82, 2.24) is 15.3 Å². The summed E-state index contributed by atoms with van der Waals surface area (Å²) in [7, 11) is 0. The zero-order valence-electron chi connectivity index (χ0n) is 16.2. The van der Waals surface area contributed by atoms with Gasteiger partial charge in [-0.1, -0.05) is 6.07 Å². The minimum Gasteiger partial charge on any atom is -0.351 e. The van der Waals surface area contributed by atoms with Crippen molar-refractivity contribution in [2.24, 2.45) is 0 Å². The van der Waals surface area contributed by atoms with E-state index < -0.39 is 0 Å². The molecule has 27 heavy (non-hydrogen) atoms. The maximum atomic E-state index is 4.80. The van der Waals surface area contributed by atoms with Crippen molar-refractivity contribution in [3.05, 3.63) is 41.9 Å². The van der Waals surface area contributed by atoms with Gasteiger partial charge in [0, 0.05) is 33.1 Å². The van der Waals surface area contributed by atoms with E-state index in [4.69, 9.17) is 4.98 Å². The molecular formula is C21H26N4S2. The van der Waals surface area contributed by atoms with Gasteiger partial charge in [-0.3, -0.25) is 0 Å². The van der Waals surface area contributed by atoms with Crippen molar-refractivity contribution in [2.75, 3.05) is 5.32 Å². The van der Waals surface area contributed by atoms with Gasteiger partial charge in [0.05, 0.1) is 10.6 Å². The lowest BCUT2D eigenvalue weighted by Crippen LogP contribution is -2.60. The van der Waals surface area contributed by atoms with E-state index in [1.807, 2.05) is 12.3 Å². The molecule has 4 nitrogen and oxygen atoms in total. The molecule has 0 bridgehead atoms. The molecule has 0 spiro atoms. The molecule has 4 rings (SSSR count). The van der Waals surface area contributed by atoms with Crippen LogP contribution in [0.1, 0.15) is 40.5 Å². The first-order valence-electron chi connectivity index (χ1n) is 9.33. The Labute approximate surface area is 169 Å². The Morgan fingerprint density at radius 1 is 1.00 bits per heavy atom. The summed E-state index contributed by atoms with van der Waals surface area (Å²) in [6.07, 6.45) is 3.95. The van der Waals surface area contributed by atoms with E-state index >= 15 is 0 Å². The summed E-state index contributed by atoms with van der Waals surface area (Å²) in [4.78, 5) is 13.0. The molecule has 0 aliphatic carbocycles. The third kappa shape index (κ3) is 4.39. The average molecular weight is 399 g/mol. The molecule has 0 atom stereocenters. The molecule has 3 aromatic heterocycles. The Balaban J connectivity index is 1.53. The smallest absolute Gasteiger partial charge is 0.223 e. The summed E-state index contributed by atoms with van der Waals surface area (Å²) in [5.41, 5.74) is 1.17. The van der Waals surface area contributed by atoms with Crippen LogP contribution in [-0.4, -0.2) is 27.1 Å². The molecule has 3 aromatic rings. The fourth-order valence-corrected chi connectivity index (χ4v) is 6.01. The number of hydrogen-bond donors (Lipinski definition) is 2. The predicted octanol–water partition coefficient (Wildman–Crippen LogP) is 5.65. The maximum Gasteiger partial charge on any atom is 0.223 e. The van der Waals surface area contributed by atoms with Crippen molar-refractivity contribution in [3.63, 3.8) is 0 Å². The van der Waals surface area contributed by atoms with Crippen LogP contribution in [0.5, 0.6) is 0 Å². The average Bonchev–Trinajstić information content (AvgIpc) is 3.24. The lowest BCUT2D eigenvalue weighted by Gasteiger charge is -2.46. The zero-order valence-corrected chi connectivity index (χ0v) is 17.9. The van der Waals surface area contributed by atoms with Crippen molar-refractivity contribution in [1.29, 1.82) is 0 Å². The van der Waals surface area contributed by atoms with Gasteiger partial charge in [-0.05, 0) is 70.2 Å². The fourth-order valence-electron chi connectivity index (χ4n) is 4.20. The Bertz CT molecular complexity index is 896. The van der Waals surface area contributed by atoms with Crippen molar-refractivity contribution >= 4 is 28.6 Å². The molecule has 1 aliphatic heterocycles. The van der Waals surface area contributed by atoms with Crippen molar-refractivity contribution < 1.29 is 0 Å². The van der Waals surface area contributed by atoms with E-state index in [1.165, 1.54) is 14.6 Å². The highest BCUT2D eigenvalue weighted by Crippen LogP contribution is 2.36. The molecule has 0 saturated carbocycles. The van der Waals surface area contributed by atoms with Crippen molar-refractivity contribution in [3.8, 4) is 20.3 Å². The lowest BCUT2D eigenvalue weighted by molar-refractivity contribution is 0.170. The largest absolute Gasteiger partial charge is 0.351 e. The number of aromatic nitrogens is 2. The molecule has 1 aliphatic rings. The topological polar surface area (TPSA) is 49.8 Å². The number of nitrogens with one attached hydrogen (secondary N) is 2. The van der Waals surface area contributed by atoms with E-state index in [0.29, 0.717) is 6.04 Å². The van der Waals surface area contributed by atoms with E-state index in [9.17, 15) is 0 Å². The highest BCUT2D eigenvalue weighted by Gasteiger charge is 2.37. The maximum absolute atomic E-state index is 4.80. The summed E-state index contributed by atoms with van der Waals surface area (Å²) in [6, 6.07) is 10.9. The standard InChI is InChI=1S/C21H26N4S2/c1-20(2)12-14(13-21(3,4)25-20)23-19-22-10-9-15(24-19)16-7-8-18(27-16)17-6-5-11-26-17/h5-11,14,25H,12-13H2,1-4H3,(H,22,23,24). The van der Waals surface area contributed by atoms with E-state index in [2.05, 4.69) is 73.0 Å². The van der Waals surface area contributed by atoms with Gasteiger partial charge in [0.25, 0.3) is 0 Å². The SMILES string of the molecule is CC1(C)CC(Nc2nccc(-c3ccc(-c4cccs4)s3)n2)CC(C)(C)N1. The molecule has 2 N–H and O–H groups in total. The third-order valence-corrected chi connectivity index (χ3v) is 6.97. The molecular weight excluding hydrogens is 372 g/mol. The van der Waals surface area contributed by atoms with Crippen LogP contribution in [0.3, 0.4) is 0 Å². The quantitative estimate of drug-likeness (QED) is 0.596. The third-order valence-electron chi connectivity index (χ3n) is 4.80. The Kier molecular flexibility index (Phi) is 4.82. The molecule has 142 valence electrons.